The van der Waals surface area contributed by atoms with Crippen molar-refractivity contribution in [3.8, 4) is 0 Å². The van der Waals surface area contributed by atoms with Crippen LogP contribution in [0.1, 0.15) is 37.7 Å². The van der Waals surface area contributed by atoms with E-state index in [1.165, 1.54) is 17.7 Å². The Labute approximate surface area is 130 Å². The van der Waals surface area contributed by atoms with Crippen molar-refractivity contribution >= 4 is 11.5 Å². The molecule has 2 aliphatic rings. The minimum atomic E-state index is 0.384. The van der Waals surface area contributed by atoms with Crippen molar-refractivity contribution < 1.29 is 4.79 Å². The summed E-state index contributed by atoms with van der Waals surface area (Å²) in [7, 11) is 0. The van der Waals surface area contributed by atoms with Crippen LogP contribution in [0.4, 0.5) is 5.69 Å². The zero-order valence-electron chi connectivity index (χ0n) is 12.7. The molecule has 2 unspecified atom stereocenters. The van der Waals surface area contributed by atoms with Gasteiger partial charge in [-0.15, -0.1) is 0 Å². The summed E-state index contributed by atoms with van der Waals surface area (Å²) < 4.78 is 2.00. The van der Waals surface area contributed by atoms with Crippen molar-refractivity contribution in [2.45, 2.75) is 50.7 Å². The molecule has 2 aromatic rings. The van der Waals surface area contributed by atoms with E-state index in [4.69, 9.17) is 0 Å². The molecule has 0 saturated carbocycles. The highest BCUT2D eigenvalue weighted by Crippen LogP contribution is 2.36. The molecule has 22 heavy (non-hydrogen) atoms. The van der Waals surface area contributed by atoms with E-state index in [0.29, 0.717) is 30.7 Å². The van der Waals surface area contributed by atoms with E-state index in [1.807, 2.05) is 16.9 Å². The number of nitrogens with zero attached hydrogens (tertiary/aromatic N) is 3. The molecule has 1 aromatic heterocycles. The molecule has 2 bridgehead atoms. The molecule has 4 rings (SSSR count). The lowest BCUT2D eigenvalue weighted by Crippen LogP contribution is -2.52. The van der Waals surface area contributed by atoms with E-state index in [1.54, 1.807) is 0 Å². The van der Waals surface area contributed by atoms with Crippen LogP contribution in [0.3, 0.4) is 0 Å². The van der Waals surface area contributed by atoms with E-state index < -0.39 is 0 Å². The summed E-state index contributed by atoms with van der Waals surface area (Å²) in [4.78, 5) is 14.3. The van der Waals surface area contributed by atoms with Crippen LogP contribution in [0.15, 0.2) is 42.7 Å². The Hall–Kier alpha value is -2.10. The Kier molecular flexibility index (Phi) is 3.45. The van der Waals surface area contributed by atoms with Gasteiger partial charge in [0.2, 0.25) is 0 Å². The molecule has 114 valence electrons. The summed E-state index contributed by atoms with van der Waals surface area (Å²) in [5.74, 6) is 0.433. The molecular formula is C18H21N3O. The van der Waals surface area contributed by atoms with Crippen LogP contribution < -0.4 is 4.90 Å². The fraction of sp³-hybridized carbons (Fsp3) is 0.444. The van der Waals surface area contributed by atoms with E-state index in [0.717, 1.165) is 19.4 Å². The maximum absolute atomic E-state index is 11.9. The average molecular weight is 295 g/mol. The van der Waals surface area contributed by atoms with Crippen LogP contribution in [0.25, 0.3) is 0 Å². The molecule has 2 saturated heterocycles. The molecule has 4 heteroatoms. The van der Waals surface area contributed by atoms with Gasteiger partial charge in [-0.1, -0.05) is 30.3 Å². The van der Waals surface area contributed by atoms with Gasteiger partial charge >= 0.3 is 0 Å². The number of Topliss-reactive ketones (excluding diaryl/α,β-unsaturated/α-hetero) is 1. The summed E-state index contributed by atoms with van der Waals surface area (Å²) in [6.07, 6.45) is 9.02. The van der Waals surface area contributed by atoms with Crippen molar-refractivity contribution in [3.63, 3.8) is 0 Å². The third-order valence-electron chi connectivity index (χ3n) is 4.89. The number of aromatic nitrogens is 2. The fourth-order valence-corrected chi connectivity index (χ4v) is 3.94. The molecular weight excluding hydrogens is 274 g/mol. The molecule has 4 nitrogen and oxygen atoms in total. The first-order chi connectivity index (χ1) is 10.8. The van der Waals surface area contributed by atoms with Crippen molar-refractivity contribution in [1.82, 2.24) is 9.78 Å². The maximum atomic E-state index is 11.9. The lowest BCUT2D eigenvalue weighted by molar-refractivity contribution is -0.121. The zero-order valence-corrected chi connectivity index (χ0v) is 12.7. The van der Waals surface area contributed by atoms with E-state index >= 15 is 0 Å². The lowest BCUT2D eigenvalue weighted by Gasteiger charge is -2.46. The Bertz CT molecular complexity index is 648. The predicted octanol–water partition coefficient (Wildman–Crippen LogP) is 3.02. The highest BCUT2D eigenvalue weighted by molar-refractivity contribution is 5.82. The second-order valence-electron chi connectivity index (χ2n) is 6.47. The Morgan fingerprint density at radius 3 is 2.55 bits per heavy atom. The lowest BCUT2D eigenvalue weighted by atomic mass is 9.83. The SMILES string of the molecule is O=C1CC2CCCC(C1)N2c1cnn(Cc2ccccc2)c1. The average Bonchev–Trinajstić information content (AvgIpc) is 2.95. The third kappa shape index (κ3) is 2.54. The first-order valence-electron chi connectivity index (χ1n) is 8.16. The summed E-state index contributed by atoms with van der Waals surface area (Å²) >= 11 is 0. The molecule has 0 aliphatic carbocycles. The molecule has 0 spiro atoms. The van der Waals surface area contributed by atoms with Crippen LogP contribution in [0, 0.1) is 0 Å². The van der Waals surface area contributed by atoms with Gasteiger partial charge in [0.25, 0.3) is 0 Å². The number of piperidine rings is 2. The predicted molar refractivity (Wildman–Crippen MR) is 85.9 cm³/mol. The molecule has 2 fully saturated rings. The van der Waals surface area contributed by atoms with Crippen molar-refractivity contribution in [3.05, 3.63) is 48.3 Å². The van der Waals surface area contributed by atoms with Crippen molar-refractivity contribution in [2.75, 3.05) is 4.90 Å². The van der Waals surface area contributed by atoms with Crippen LogP contribution in [0.5, 0.6) is 0 Å². The molecule has 3 heterocycles. The van der Waals surface area contributed by atoms with Gasteiger partial charge in [0.05, 0.1) is 18.4 Å². The number of anilines is 1. The fourth-order valence-electron chi connectivity index (χ4n) is 3.94. The number of carbonyl (C=O) groups is 1. The Morgan fingerprint density at radius 2 is 1.82 bits per heavy atom. The minimum Gasteiger partial charge on any atom is -0.362 e. The quantitative estimate of drug-likeness (QED) is 0.873. The van der Waals surface area contributed by atoms with Crippen LogP contribution in [-0.4, -0.2) is 27.6 Å². The highest BCUT2D eigenvalue weighted by atomic mass is 16.1. The summed E-state index contributed by atoms with van der Waals surface area (Å²) in [5.41, 5.74) is 2.43. The van der Waals surface area contributed by atoms with Crippen LogP contribution >= 0.6 is 0 Å². The first kappa shape index (κ1) is 13.6. The molecule has 0 radical (unpaired) electrons. The molecule has 2 aliphatic heterocycles. The third-order valence-corrected chi connectivity index (χ3v) is 4.89. The smallest absolute Gasteiger partial charge is 0.137 e. The highest BCUT2D eigenvalue weighted by Gasteiger charge is 2.37. The number of rotatable bonds is 3. The van der Waals surface area contributed by atoms with Crippen LogP contribution in [-0.2, 0) is 11.3 Å². The zero-order chi connectivity index (χ0) is 14.9. The van der Waals surface area contributed by atoms with Gasteiger partial charge in [-0.25, -0.2) is 0 Å². The second kappa shape index (κ2) is 5.59. The Balaban J connectivity index is 1.55. The molecule has 2 atom stereocenters. The monoisotopic (exact) mass is 295 g/mol. The topological polar surface area (TPSA) is 38.1 Å². The number of hydrogen-bond donors (Lipinski definition) is 0. The number of ketones is 1. The van der Waals surface area contributed by atoms with Gasteiger partial charge in [-0.3, -0.25) is 9.48 Å². The van der Waals surface area contributed by atoms with Gasteiger partial charge in [-0.2, -0.15) is 5.10 Å². The summed E-state index contributed by atoms with van der Waals surface area (Å²) in [6, 6.07) is 11.2. The summed E-state index contributed by atoms with van der Waals surface area (Å²) in [6.45, 7) is 0.795. The number of benzene rings is 1. The van der Waals surface area contributed by atoms with E-state index in [9.17, 15) is 4.79 Å². The minimum absolute atomic E-state index is 0.384. The van der Waals surface area contributed by atoms with Gasteiger partial charge in [-0.05, 0) is 24.8 Å². The maximum Gasteiger partial charge on any atom is 0.137 e. The van der Waals surface area contributed by atoms with Gasteiger partial charge in [0.1, 0.15) is 5.78 Å². The van der Waals surface area contributed by atoms with Gasteiger partial charge in [0, 0.05) is 31.1 Å². The van der Waals surface area contributed by atoms with Crippen LogP contribution in [0.2, 0.25) is 0 Å². The molecule has 0 amide bonds. The number of carbonyl (C=O) groups excluding carboxylic acids is 1. The Morgan fingerprint density at radius 1 is 1.09 bits per heavy atom. The summed E-state index contributed by atoms with van der Waals surface area (Å²) in [5, 5.41) is 4.52. The van der Waals surface area contributed by atoms with Crippen molar-refractivity contribution in [2.24, 2.45) is 0 Å². The molecule has 1 aromatic carbocycles. The van der Waals surface area contributed by atoms with Crippen molar-refractivity contribution in [1.29, 1.82) is 0 Å². The van der Waals surface area contributed by atoms with Gasteiger partial charge in [0.15, 0.2) is 0 Å². The largest absolute Gasteiger partial charge is 0.362 e. The van der Waals surface area contributed by atoms with E-state index in [-0.39, 0.29) is 0 Å². The normalized spacial score (nSPS) is 24.5. The van der Waals surface area contributed by atoms with E-state index in [2.05, 4.69) is 40.5 Å². The number of fused-ring (bicyclic) bond motifs is 2. The standard InChI is InChI=1S/C18H21N3O/c22-18-9-15-7-4-8-16(10-18)21(15)17-11-19-20(13-17)12-14-5-2-1-3-6-14/h1-3,5-6,11,13,15-16H,4,7-10,12H2. The van der Waals surface area contributed by atoms with Gasteiger partial charge < -0.3 is 4.90 Å². The first-order valence-corrected chi connectivity index (χ1v) is 8.16. The molecule has 0 N–H and O–H groups in total. The second-order valence-corrected chi connectivity index (χ2v) is 6.47. The number of hydrogen-bond acceptors (Lipinski definition) is 3.